The lowest BCUT2D eigenvalue weighted by atomic mass is 10.4. The van der Waals surface area contributed by atoms with E-state index in [1.807, 2.05) is 29.9 Å². The lowest BCUT2D eigenvalue weighted by Crippen LogP contribution is -2.01. The first-order chi connectivity index (χ1) is 7.66. The Morgan fingerprint density at radius 3 is 3.00 bits per heavy atom. The van der Waals surface area contributed by atoms with E-state index in [2.05, 4.69) is 20.9 Å². The van der Waals surface area contributed by atoms with E-state index >= 15 is 0 Å². The molecule has 0 atom stereocenters. The van der Waals surface area contributed by atoms with Crippen molar-refractivity contribution in [3.8, 4) is 0 Å². The monoisotopic (exact) mass is 316 g/mol. The Balaban J connectivity index is 1.96. The van der Waals surface area contributed by atoms with E-state index in [9.17, 15) is 4.79 Å². The number of nitrogens with zero attached hydrogens (tertiary/aromatic N) is 2. The summed E-state index contributed by atoms with van der Waals surface area (Å²) in [5, 5.41) is 0.865. The van der Waals surface area contributed by atoms with E-state index in [4.69, 9.17) is 0 Å². The van der Waals surface area contributed by atoms with Gasteiger partial charge in [0.25, 0.3) is 0 Å². The first kappa shape index (κ1) is 11.9. The van der Waals surface area contributed by atoms with E-state index in [0.29, 0.717) is 5.75 Å². The predicted octanol–water partition coefficient (Wildman–Crippen LogP) is 3.22. The Morgan fingerprint density at radius 2 is 2.44 bits per heavy atom. The van der Waals surface area contributed by atoms with Gasteiger partial charge in [0.15, 0.2) is 10.9 Å². The Labute approximate surface area is 110 Å². The van der Waals surface area contributed by atoms with Crippen molar-refractivity contribution in [2.24, 2.45) is 7.05 Å². The molecule has 2 aromatic rings. The fourth-order valence-corrected chi connectivity index (χ4v) is 3.39. The van der Waals surface area contributed by atoms with Crippen molar-refractivity contribution in [1.82, 2.24) is 9.55 Å². The summed E-state index contributed by atoms with van der Waals surface area (Å²) >= 11 is 6.27. The number of imidazole rings is 1. The number of hydrogen-bond donors (Lipinski definition) is 0. The quantitative estimate of drug-likeness (QED) is 0.641. The third kappa shape index (κ3) is 2.75. The number of aromatic nitrogens is 2. The molecule has 16 heavy (non-hydrogen) atoms. The molecule has 0 aliphatic carbocycles. The van der Waals surface area contributed by atoms with Gasteiger partial charge in [0, 0.05) is 19.4 Å². The van der Waals surface area contributed by atoms with Crippen LogP contribution in [0, 0.1) is 0 Å². The summed E-state index contributed by atoms with van der Waals surface area (Å²) < 4.78 is 2.89. The number of Topliss-reactive ketones (excluding diaryl/α,β-unsaturated/α-hetero) is 1. The molecular weight excluding hydrogens is 308 g/mol. The highest BCUT2D eigenvalue weighted by atomic mass is 79.9. The number of carbonyl (C=O) groups is 1. The summed E-state index contributed by atoms with van der Waals surface area (Å²) in [5.74, 6) is 0.571. The third-order valence-electron chi connectivity index (χ3n) is 1.96. The maximum Gasteiger partial charge on any atom is 0.183 e. The molecule has 0 fully saturated rings. The van der Waals surface area contributed by atoms with Gasteiger partial charge in [-0.1, -0.05) is 11.8 Å². The Hall–Kier alpha value is -0.590. The van der Waals surface area contributed by atoms with E-state index in [1.54, 1.807) is 6.20 Å². The number of rotatable bonds is 4. The number of thiophene rings is 1. The van der Waals surface area contributed by atoms with E-state index in [0.717, 1.165) is 13.8 Å². The molecule has 6 heteroatoms. The lowest BCUT2D eigenvalue weighted by Gasteiger charge is -1.99. The largest absolute Gasteiger partial charge is 0.329 e. The van der Waals surface area contributed by atoms with Gasteiger partial charge in [0.2, 0.25) is 0 Å². The van der Waals surface area contributed by atoms with Gasteiger partial charge in [-0.15, -0.1) is 11.3 Å². The molecule has 0 saturated carbocycles. The number of carbonyl (C=O) groups excluding carboxylic acids is 1. The average Bonchev–Trinajstić information content (AvgIpc) is 2.84. The van der Waals surface area contributed by atoms with E-state index in [1.165, 1.54) is 23.1 Å². The van der Waals surface area contributed by atoms with Crippen molar-refractivity contribution in [3.63, 3.8) is 0 Å². The summed E-state index contributed by atoms with van der Waals surface area (Å²) in [6, 6.07) is 3.74. The zero-order valence-corrected chi connectivity index (χ0v) is 11.7. The highest BCUT2D eigenvalue weighted by Gasteiger charge is 2.10. The topological polar surface area (TPSA) is 34.9 Å². The van der Waals surface area contributed by atoms with Crippen LogP contribution in [0.4, 0.5) is 0 Å². The van der Waals surface area contributed by atoms with Crippen molar-refractivity contribution >= 4 is 44.8 Å². The summed E-state index contributed by atoms with van der Waals surface area (Å²) in [7, 11) is 1.92. The van der Waals surface area contributed by atoms with Crippen LogP contribution in [0.1, 0.15) is 9.67 Å². The fourth-order valence-electron chi connectivity index (χ4n) is 1.16. The SMILES string of the molecule is Cn1ccnc1SCC(=O)c1ccc(Br)s1. The number of aryl methyl sites for hydroxylation is 1. The molecule has 0 saturated heterocycles. The molecule has 0 N–H and O–H groups in total. The van der Waals surface area contributed by atoms with Crippen LogP contribution in [0.3, 0.4) is 0 Å². The van der Waals surface area contributed by atoms with E-state index in [-0.39, 0.29) is 5.78 Å². The van der Waals surface area contributed by atoms with Gasteiger partial charge < -0.3 is 4.57 Å². The normalized spacial score (nSPS) is 10.6. The molecule has 0 aliphatic rings. The molecule has 0 spiro atoms. The Kier molecular flexibility index (Phi) is 3.83. The summed E-state index contributed by atoms with van der Waals surface area (Å²) in [6.45, 7) is 0. The number of hydrogen-bond acceptors (Lipinski definition) is 4. The Bertz CT molecular complexity index is 506. The minimum absolute atomic E-state index is 0.142. The van der Waals surface area contributed by atoms with E-state index < -0.39 is 0 Å². The minimum atomic E-state index is 0.142. The van der Waals surface area contributed by atoms with Crippen LogP contribution < -0.4 is 0 Å². The van der Waals surface area contributed by atoms with Crippen LogP contribution in [0.25, 0.3) is 0 Å². The predicted molar refractivity (Wildman–Crippen MR) is 70.3 cm³/mol. The molecule has 2 aromatic heterocycles. The van der Waals surface area contributed by atoms with Crippen LogP contribution >= 0.6 is 39.0 Å². The number of ketones is 1. The molecule has 0 aromatic carbocycles. The number of thioether (sulfide) groups is 1. The second-order valence-electron chi connectivity index (χ2n) is 3.14. The van der Waals surface area contributed by atoms with Gasteiger partial charge in [-0.05, 0) is 28.1 Å². The standard InChI is InChI=1S/C10H9BrN2OS2/c1-13-5-4-12-10(13)15-6-7(14)8-2-3-9(11)16-8/h2-5H,6H2,1H3. The van der Waals surface area contributed by atoms with Gasteiger partial charge in [-0.3, -0.25) is 4.79 Å². The van der Waals surface area contributed by atoms with Crippen molar-refractivity contribution in [2.45, 2.75) is 5.16 Å². The first-order valence-corrected chi connectivity index (χ1v) is 7.15. The molecule has 3 nitrogen and oxygen atoms in total. The molecule has 0 radical (unpaired) electrons. The lowest BCUT2D eigenvalue weighted by molar-refractivity contribution is 0.102. The maximum atomic E-state index is 11.8. The molecule has 0 unspecified atom stereocenters. The van der Waals surface area contributed by atoms with Gasteiger partial charge in [-0.25, -0.2) is 4.98 Å². The van der Waals surface area contributed by atoms with Crippen molar-refractivity contribution in [3.05, 3.63) is 33.2 Å². The van der Waals surface area contributed by atoms with Crippen molar-refractivity contribution in [1.29, 1.82) is 0 Å². The maximum absolute atomic E-state index is 11.8. The zero-order chi connectivity index (χ0) is 11.5. The Morgan fingerprint density at radius 1 is 1.62 bits per heavy atom. The molecule has 0 bridgehead atoms. The second kappa shape index (κ2) is 5.16. The van der Waals surface area contributed by atoms with Crippen LogP contribution in [-0.4, -0.2) is 21.1 Å². The smallest absolute Gasteiger partial charge is 0.183 e. The molecular formula is C10H9BrN2OS2. The van der Waals surface area contributed by atoms with Crippen molar-refractivity contribution in [2.75, 3.05) is 5.75 Å². The average molecular weight is 317 g/mol. The molecule has 0 amide bonds. The fraction of sp³-hybridized carbons (Fsp3) is 0.200. The molecule has 84 valence electrons. The molecule has 2 heterocycles. The summed E-state index contributed by atoms with van der Waals surface area (Å²) in [6.07, 6.45) is 3.60. The van der Waals surface area contributed by atoms with Crippen LogP contribution in [0.5, 0.6) is 0 Å². The molecule has 2 rings (SSSR count). The number of halogens is 1. The van der Waals surface area contributed by atoms with Gasteiger partial charge >= 0.3 is 0 Å². The summed E-state index contributed by atoms with van der Waals surface area (Å²) in [4.78, 5) is 16.7. The van der Waals surface area contributed by atoms with Crippen LogP contribution in [0.2, 0.25) is 0 Å². The molecule has 0 aliphatic heterocycles. The second-order valence-corrected chi connectivity index (χ2v) is 6.54. The van der Waals surface area contributed by atoms with Crippen LogP contribution in [0.15, 0.2) is 33.5 Å². The first-order valence-electron chi connectivity index (χ1n) is 4.55. The summed E-state index contributed by atoms with van der Waals surface area (Å²) in [5.41, 5.74) is 0. The highest BCUT2D eigenvalue weighted by Crippen LogP contribution is 2.24. The highest BCUT2D eigenvalue weighted by molar-refractivity contribution is 9.11. The van der Waals surface area contributed by atoms with Crippen LogP contribution in [-0.2, 0) is 7.05 Å². The van der Waals surface area contributed by atoms with Gasteiger partial charge in [-0.2, -0.15) is 0 Å². The minimum Gasteiger partial charge on any atom is -0.329 e. The van der Waals surface area contributed by atoms with Gasteiger partial charge in [0.05, 0.1) is 14.4 Å². The zero-order valence-electron chi connectivity index (χ0n) is 8.51. The third-order valence-corrected chi connectivity index (χ3v) is 4.68. The van der Waals surface area contributed by atoms with Gasteiger partial charge in [0.1, 0.15) is 0 Å². The van der Waals surface area contributed by atoms with Crippen molar-refractivity contribution < 1.29 is 4.79 Å².